The molecule has 2 aromatic carbocycles. The van der Waals surface area contributed by atoms with E-state index < -0.39 is 41.9 Å². The van der Waals surface area contributed by atoms with Crippen LogP contribution in [-0.4, -0.2) is 29.3 Å². The summed E-state index contributed by atoms with van der Waals surface area (Å²) >= 11 is 1.08. The molecular weight excluding hydrogens is 455 g/mol. The number of ether oxygens (including phenoxy) is 1. The van der Waals surface area contributed by atoms with Gasteiger partial charge in [-0.1, -0.05) is 6.07 Å². The van der Waals surface area contributed by atoms with Gasteiger partial charge in [-0.2, -0.15) is 17.5 Å². The molecule has 0 spiro atoms. The third-order valence-corrected chi connectivity index (χ3v) is 5.25. The van der Waals surface area contributed by atoms with Crippen LogP contribution in [0.4, 0.5) is 22.0 Å². The maximum atomic E-state index is 14.2. The van der Waals surface area contributed by atoms with Gasteiger partial charge in [0, 0.05) is 11.6 Å². The number of aldehydes is 1. The molecule has 168 valence electrons. The lowest BCUT2D eigenvalue weighted by atomic mass is 10.1. The maximum Gasteiger partial charge on any atom is 0.405 e. The van der Waals surface area contributed by atoms with Crippen LogP contribution < -0.4 is 10.1 Å². The first kappa shape index (κ1) is 23.3. The van der Waals surface area contributed by atoms with Gasteiger partial charge in [-0.05, 0) is 48.8 Å². The Morgan fingerprint density at radius 1 is 1.16 bits per heavy atom. The molecule has 1 amide bonds. The highest BCUT2D eigenvalue weighted by Gasteiger charge is 2.28. The summed E-state index contributed by atoms with van der Waals surface area (Å²) in [6, 6.07) is 8.91. The molecule has 1 atom stereocenters. The first-order valence-corrected chi connectivity index (χ1v) is 9.87. The minimum Gasteiger partial charge on any atom is -0.485 e. The fourth-order valence-corrected chi connectivity index (χ4v) is 3.41. The quantitative estimate of drug-likeness (QED) is 0.374. The molecule has 1 N–H and O–H groups in total. The number of halogens is 5. The van der Waals surface area contributed by atoms with Crippen LogP contribution in [0.15, 0.2) is 42.5 Å². The molecule has 0 bridgehead atoms. The lowest BCUT2D eigenvalue weighted by Gasteiger charge is -2.14. The van der Waals surface area contributed by atoms with Crippen molar-refractivity contribution in [1.29, 1.82) is 0 Å². The monoisotopic (exact) mass is 470 g/mol. The topological polar surface area (TPSA) is 68.3 Å². The second kappa shape index (κ2) is 9.43. The summed E-state index contributed by atoms with van der Waals surface area (Å²) in [5, 5.41) is 1.60. The zero-order valence-corrected chi connectivity index (χ0v) is 17.2. The van der Waals surface area contributed by atoms with Crippen molar-refractivity contribution < 1.29 is 36.3 Å². The largest absolute Gasteiger partial charge is 0.485 e. The van der Waals surface area contributed by atoms with Crippen LogP contribution in [0.5, 0.6) is 5.75 Å². The summed E-state index contributed by atoms with van der Waals surface area (Å²) in [6.07, 6.45) is -4.79. The molecular formula is C21H15F5N2O3S. The molecule has 32 heavy (non-hydrogen) atoms. The Kier molecular flexibility index (Phi) is 6.87. The first-order chi connectivity index (χ1) is 15.1. The average Bonchev–Trinajstić information content (AvgIpc) is 3.22. The van der Waals surface area contributed by atoms with Gasteiger partial charge in [-0.15, -0.1) is 0 Å². The number of aromatic nitrogens is 1. The van der Waals surface area contributed by atoms with Crippen LogP contribution in [0, 0.1) is 11.6 Å². The van der Waals surface area contributed by atoms with Crippen molar-refractivity contribution in [2.24, 2.45) is 0 Å². The van der Waals surface area contributed by atoms with Crippen LogP contribution in [-0.2, 0) is 0 Å². The molecule has 3 rings (SSSR count). The summed E-state index contributed by atoms with van der Waals surface area (Å²) in [7, 11) is 0. The Morgan fingerprint density at radius 2 is 1.91 bits per heavy atom. The van der Waals surface area contributed by atoms with Crippen LogP contribution in [0.1, 0.15) is 38.6 Å². The fourth-order valence-electron chi connectivity index (χ4n) is 2.69. The highest BCUT2D eigenvalue weighted by atomic mass is 32.1. The minimum absolute atomic E-state index is 0.0544. The third kappa shape index (κ3) is 5.67. The summed E-state index contributed by atoms with van der Waals surface area (Å²) in [5.41, 5.74) is 0.302. The summed E-state index contributed by atoms with van der Waals surface area (Å²) in [6.45, 7) is 0.0886. The summed E-state index contributed by atoms with van der Waals surface area (Å²) < 4.78 is 74.5. The number of hydrogen-bond donors (Lipinski definition) is 1. The van der Waals surface area contributed by atoms with Crippen molar-refractivity contribution in [2.75, 3.05) is 6.54 Å². The van der Waals surface area contributed by atoms with E-state index in [2.05, 4.69) is 4.37 Å². The number of carbonyl (C=O) groups is 2. The van der Waals surface area contributed by atoms with E-state index in [9.17, 15) is 31.5 Å². The second-order valence-corrected chi connectivity index (χ2v) is 7.50. The maximum absolute atomic E-state index is 14.2. The van der Waals surface area contributed by atoms with Crippen LogP contribution in [0.3, 0.4) is 0 Å². The summed E-state index contributed by atoms with van der Waals surface area (Å²) in [4.78, 5) is 23.1. The van der Waals surface area contributed by atoms with Gasteiger partial charge in [-0.3, -0.25) is 9.59 Å². The molecule has 1 aromatic heterocycles. The highest BCUT2D eigenvalue weighted by Crippen LogP contribution is 2.30. The van der Waals surface area contributed by atoms with E-state index >= 15 is 0 Å². The molecule has 0 saturated heterocycles. The van der Waals surface area contributed by atoms with Crippen molar-refractivity contribution in [1.82, 2.24) is 9.69 Å². The second-order valence-electron chi connectivity index (χ2n) is 6.67. The Hall–Kier alpha value is -3.34. The third-order valence-electron chi connectivity index (χ3n) is 4.30. The first-order valence-electron chi connectivity index (χ1n) is 9.10. The van der Waals surface area contributed by atoms with E-state index in [1.54, 1.807) is 24.4 Å². The smallest absolute Gasteiger partial charge is 0.405 e. The van der Waals surface area contributed by atoms with Gasteiger partial charge in [0.05, 0.1) is 21.7 Å². The van der Waals surface area contributed by atoms with Gasteiger partial charge in [-0.25, -0.2) is 8.78 Å². The fraction of sp³-hybridized carbons (Fsp3) is 0.190. The van der Waals surface area contributed by atoms with Crippen molar-refractivity contribution >= 4 is 23.7 Å². The molecule has 0 aliphatic rings. The van der Waals surface area contributed by atoms with Crippen LogP contribution in [0.2, 0.25) is 0 Å². The molecule has 3 aromatic rings. The molecule has 0 fully saturated rings. The molecule has 1 heterocycles. The van der Waals surface area contributed by atoms with Crippen LogP contribution >= 0.6 is 11.5 Å². The van der Waals surface area contributed by atoms with Gasteiger partial charge < -0.3 is 10.1 Å². The molecule has 0 aliphatic carbocycles. The number of rotatable bonds is 7. The van der Waals surface area contributed by atoms with Gasteiger partial charge in [0.2, 0.25) is 0 Å². The van der Waals surface area contributed by atoms with E-state index in [1.165, 1.54) is 18.2 Å². The van der Waals surface area contributed by atoms with E-state index in [-0.39, 0.29) is 11.3 Å². The predicted molar refractivity (Wildman–Crippen MR) is 107 cm³/mol. The van der Waals surface area contributed by atoms with E-state index in [0.29, 0.717) is 22.4 Å². The molecule has 5 nitrogen and oxygen atoms in total. The normalized spacial score (nSPS) is 12.3. The molecule has 0 aliphatic heterocycles. The number of alkyl halides is 3. The number of nitrogens with zero attached hydrogens (tertiary/aromatic N) is 1. The molecule has 0 radical (unpaired) electrons. The number of carbonyl (C=O) groups excluding carboxylic acids is 2. The van der Waals surface area contributed by atoms with Gasteiger partial charge >= 0.3 is 6.18 Å². The number of nitrogens with one attached hydrogen (secondary N) is 1. The summed E-state index contributed by atoms with van der Waals surface area (Å²) in [5.74, 6) is -2.85. The Bertz CT molecular complexity index is 1150. The average molecular weight is 470 g/mol. The number of amides is 1. The Labute approximate surface area is 183 Å². The van der Waals surface area contributed by atoms with Crippen molar-refractivity contribution in [3.05, 3.63) is 70.1 Å². The number of benzene rings is 2. The van der Waals surface area contributed by atoms with Crippen molar-refractivity contribution in [2.45, 2.75) is 19.2 Å². The van der Waals surface area contributed by atoms with Gasteiger partial charge in [0.25, 0.3) is 5.91 Å². The van der Waals surface area contributed by atoms with Crippen LogP contribution in [0.25, 0.3) is 11.3 Å². The van der Waals surface area contributed by atoms with Gasteiger partial charge in [0.15, 0.2) is 6.29 Å². The number of hydrogen-bond acceptors (Lipinski definition) is 5. The van der Waals surface area contributed by atoms with E-state index in [4.69, 9.17) is 4.74 Å². The van der Waals surface area contributed by atoms with Crippen molar-refractivity contribution in [3.8, 4) is 17.0 Å². The molecule has 11 heteroatoms. The van der Waals surface area contributed by atoms with Gasteiger partial charge in [0.1, 0.15) is 30.0 Å². The lowest BCUT2D eigenvalue weighted by molar-refractivity contribution is -0.123. The standard InChI is InChI=1S/C21H15F5N2O3S/c1-11(19-8-18(28-32-19)12-2-3-13(9-29)16(22)6-12)31-14-4-5-15(17(23)7-14)20(30)27-10-21(24,25)26/h2-9,11H,10H2,1H3,(H,27,30). The Morgan fingerprint density at radius 3 is 2.53 bits per heavy atom. The lowest BCUT2D eigenvalue weighted by Crippen LogP contribution is -2.34. The van der Waals surface area contributed by atoms with E-state index in [1.807, 2.05) is 0 Å². The van der Waals surface area contributed by atoms with Crippen molar-refractivity contribution in [3.63, 3.8) is 0 Å². The SMILES string of the molecule is CC(Oc1ccc(C(=O)NCC(F)(F)F)c(F)c1)c1cc(-c2ccc(C=O)c(F)c2)ns1. The highest BCUT2D eigenvalue weighted by molar-refractivity contribution is 7.06. The molecule has 0 saturated carbocycles. The van der Waals surface area contributed by atoms with E-state index in [0.717, 1.165) is 23.7 Å². The minimum atomic E-state index is -4.61. The molecule has 1 unspecified atom stereocenters. The Balaban J connectivity index is 1.69. The zero-order valence-electron chi connectivity index (χ0n) is 16.4. The predicted octanol–water partition coefficient (Wildman–Crippen LogP) is 5.33. The zero-order chi connectivity index (χ0) is 23.5.